The van der Waals surface area contributed by atoms with Crippen LogP contribution < -0.4 is 22.1 Å². The molecule has 1 aromatic heterocycles. The number of nitrogens with zero attached hydrogens (tertiary/aromatic N) is 1. The van der Waals surface area contributed by atoms with Crippen molar-refractivity contribution in [3.63, 3.8) is 0 Å². The molecule has 27 heavy (non-hydrogen) atoms. The Bertz CT molecular complexity index is 660. The zero-order valence-electron chi connectivity index (χ0n) is 15.3. The molecule has 0 aliphatic rings. The number of carboxylic acid groups (broad SMARTS) is 1. The normalized spacial score (nSPS) is 14.2. The number of aromatic amines is 1. The summed E-state index contributed by atoms with van der Waals surface area (Å²) in [5.41, 5.74) is 11.6. The fourth-order valence-corrected chi connectivity index (χ4v) is 2.33. The molecule has 0 fully saturated rings. The van der Waals surface area contributed by atoms with E-state index in [0.29, 0.717) is 5.69 Å². The van der Waals surface area contributed by atoms with E-state index in [1.54, 1.807) is 13.8 Å². The third-order valence-electron chi connectivity index (χ3n) is 3.87. The van der Waals surface area contributed by atoms with Gasteiger partial charge in [0.05, 0.1) is 12.4 Å². The van der Waals surface area contributed by atoms with Crippen molar-refractivity contribution >= 4 is 23.7 Å². The Kier molecular flexibility index (Phi) is 8.39. The maximum Gasteiger partial charge on any atom is 0.326 e. The fourth-order valence-electron chi connectivity index (χ4n) is 2.33. The highest BCUT2D eigenvalue weighted by atomic mass is 16.4. The molecule has 11 heteroatoms. The molecule has 0 spiro atoms. The minimum absolute atomic E-state index is 0.0753. The van der Waals surface area contributed by atoms with Crippen molar-refractivity contribution in [1.29, 1.82) is 0 Å². The monoisotopic (exact) mass is 382 g/mol. The Morgan fingerprint density at radius 1 is 1.22 bits per heavy atom. The SMILES string of the molecule is CC(C)[C@H](NC(=O)[C@H](CCC(N)=O)NC(=O)[C@@H](N)Cc1cnc[nH]1)C(=O)O. The number of nitrogens with one attached hydrogen (secondary N) is 3. The van der Waals surface area contributed by atoms with Crippen LogP contribution >= 0.6 is 0 Å². The van der Waals surface area contributed by atoms with Gasteiger partial charge >= 0.3 is 5.97 Å². The lowest BCUT2D eigenvalue weighted by molar-refractivity contribution is -0.143. The van der Waals surface area contributed by atoms with E-state index in [0.717, 1.165) is 0 Å². The lowest BCUT2D eigenvalue weighted by Gasteiger charge is -2.24. The van der Waals surface area contributed by atoms with E-state index in [9.17, 15) is 24.3 Å². The lowest BCUT2D eigenvalue weighted by Crippen LogP contribution is -2.55. The van der Waals surface area contributed by atoms with Gasteiger partial charge in [0.2, 0.25) is 17.7 Å². The van der Waals surface area contributed by atoms with Crippen molar-refractivity contribution in [2.24, 2.45) is 17.4 Å². The van der Waals surface area contributed by atoms with Crippen LogP contribution in [0.4, 0.5) is 0 Å². The van der Waals surface area contributed by atoms with Gasteiger partial charge < -0.3 is 32.2 Å². The third kappa shape index (κ3) is 7.44. The molecule has 0 bridgehead atoms. The molecule has 150 valence electrons. The van der Waals surface area contributed by atoms with Gasteiger partial charge in [0.25, 0.3) is 0 Å². The first-order chi connectivity index (χ1) is 12.6. The van der Waals surface area contributed by atoms with Crippen molar-refractivity contribution in [2.75, 3.05) is 0 Å². The number of rotatable bonds is 11. The van der Waals surface area contributed by atoms with Gasteiger partial charge in [-0.3, -0.25) is 14.4 Å². The van der Waals surface area contributed by atoms with Crippen LogP contribution in [0.15, 0.2) is 12.5 Å². The number of aromatic nitrogens is 2. The molecule has 1 heterocycles. The summed E-state index contributed by atoms with van der Waals surface area (Å²) in [6.07, 6.45) is 2.90. The second-order valence-electron chi connectivity index (χ2n) is 6.52. The number of imidazole rings is 1. The largest absolute Gasteiger partial charge is 0.480 e. The number of amides is 3. The number of aliphatic carboxylic acids is 1. The van der Waals surface area contributed by atoms with E-state index in [2.05, 4.69) is 20.6 Å². The van der Waals surface area contributed by atoms with Crippen LogP contribution in [0.5, 0.6) is 0 Å². The van der Waals surface area contributed by atoms with Crippen molar-refractivity contribution < 1.29 is 24.3 Å². The predicted octanol–water partition coefficient (Wildman–Crippen LogP) is -1.74. The van der Waals surface area contributed by atoms with E-state index in [4.69, 9.17) is 11.5 Å². The van der Waals surface area contributed by atoms with Crippen molar-refractivity contribution in [1.82, 2.24) is 20.6 Å². The summed E-state index contributed by atoms with van der Waals surface area (Å²) >= 11 is 0. The first-order valence-corrected chi connectivity index (χ1v) is 8.46. The van der Waals surface area contributed by atoms with Crippen LogP contribution in [-0.2, 0) is 25.6 Å². The molecule has 3 atom stereocenters. The van der Waals surface area contributed by atoms with Crippen molar-refractivity contribution in [3.8, 4) is 0 Å². The Hall–Kier alpha value is -2.95. The van der Waals surface area contributed by atoms with Gasteiger partial charge in [0.15, 0.2) is 0 Å². The number of hydrogen-bond donors (Lipinski definition) is 6. The van der Waals surface area contributed by atoms with Gasteiger partial charge in [-0.05, 0) is 12.3 Å². The molecule has 11 nitrogen and oxygen atoms in total. The summed E-state index contributed by atoms with van der Waals surface area (Å²) in [6, 6.07) is -3.24. The zero-order chi connectivity index (χ0) is 20.6. The first kappa shape index (κ1) is 22.1. The van der Waals surface area contributed by atoms with Crippen LogP contribution in [0, 0.1) is 5.92 Å². The number of carboxylic acids is 1. The number of nitrogens with two attached hydrogens (primary N) is 2. The number of carbonyl (C=O) groups excluding carboxylic acids is 3. The average molecular weight is 382 g/mol. The highest BCUT2D eigenvalue weighted by molar-refractivity contribution is 5.92. The van der Waals surface area contributed by atoms with Crippen LogP contribution in [-0.4, -0.2) is 56.9 Å². The molecule has 0 unspecified atom stereocenters. The Labute approximate surface area is 156 Å². The lowest BCUT2D eigenvalue weighted by atomic mass is 10.0. The topological polar surface area (TPSA) is 193 Å². The van der Waals surface area contributed by atoms with Crippen molar-refractivity contribution in [2.45, 2.75) is 51.2 Å². The summed E-state index contributed by atoms with van der Waals surface area (Å²) in [4.78, 5) is 53.7. The molecule has 0 radical (unpaired) electrons. The van der Waals surface area contributed by atoms with Crippen LogP contribution in [0.25, 0.3) is 0 Å². The summed E-state index contributed by atoms with van der Waals surface area (Å²) in [5, 5.41) is 14.0. The molecular formula is C16H26N6O5. The average Bonchev–Trinajstić information content (AvgIpc) is 3.07. The summed E-state index contributed by atoms with van der Waals surface area (Å²) < 4.78 is 0. The standard InChI is InChI=1S/C16H26N6O5/c1-8(2)13(16(26)27)22-15(25)11(3-4-12(18)23)21-14(24)10(17)5-9-6-19-7-20-9/h6-8,10-11,13H,3-5,17H2,1-2H3,(H2,18,23)(H,19,20)(H,21,24)(H,22,25)(H,26,27)/t10-,11-,13-/m0/s1. The molecule has 0 aliphatic heterocycles. The van der Waals surface area contributed by atoms with Crippen LogP contribution in [0.2, 0.25) is 0 Å². The van der Waals surface area contributed by atoms with Crippen molar-refractivity contribution in [3.05, 3.63) is 18.2 Å². The molecule has 0 saturated carbocycles. The molecule has 0 aromatic carbocycles. The van der Waals surface area contributed by atoms with Crippen LogP contribution in [0.1, 0.15) is 32.4 Å². The number of H-pyrrole nitrogens is 1. The maximum absolute atomic E-state index is 12.5. The predicted molar refractivity (Wildman–Crippen MR) is 95.0 cm³/mol. The summed E-state index contributed by atoms with van der Waals surface area (Å²) in [5.74, 6) is -3.57. The first-order valence-electron chi connectivity index (χ1n) is 8.46. The quantitative estimate of drug-likeness (QED) is 0.261. The smallest absolute Gasteiger partial charge is 0.326 e. The van der Waals surface area contributed by atoms with Gasteiger partial charge in [-0.2, -0.15) is 0 Å². The van der Waals surface area contributed by atoms with Gasteiger partial charge in [-0.1, -0.05) is 13.8 Å². The zero-order valence-corrected chi connectivity index (χ0v) is 15.3. The second-order valence-corrected chi connectivity index (χ2v) is 6.52. The number of primary amides is 1. The molecule has 8 N–H and O–H groups in total. The van der Waals surface area contributed by atoms with Gasteiger partial charge in [-0.25, -0.2) is 9.78 Å². The second kappa shape index (κ2) is 10.3. The number of carbonyl (C=O) groups is 4. The molecule has 0 aliphatic carbocycles. The van der Waals surface area contributed by atoms with E-state index >= 15 is 0 Å². The Balaban J connectivity index is 2.79. The minimum atomic E-state index is -1.20. The Morgan fingerprint density at radius 2 is 1.89 bits per heavy atom. The molecule has 3 amide bonds. The minimum Gasteiger partial charge on any atom is -0.480 e. The van der Waals surface area contributed by atoms with Gasteiger partial charge in [-0.15, -0.1) is 0 Å². The van der Waals surface area contributed by atoms with Gasteiger partial charge in [0.1, 0.15) is 12.1 Å². The van der Waals surface area contributed by atoms with E-state index in [-0.39, 0.29) is 25.2 Å². The van der Waals surface area contributed by atoms with Gasteiger partial charge in [0, 0.05) is 24.7 Å². The summed E-state index contributed by atoms with van der Waals surface area (Å²) in [6.45, 7) is 3.27. The van der Waals surface area contributed by atoms with E-state index in [1.807, 2.05) is 0 Å². The Morgan fingerprint density at radius 3 is 2.37 bits per heavy atom. The number of hydrogen-bond acceptors (Lipinski definition) is 6. The maximum atomic E-state index is 12.5. The van der Waals surface area contributed by atoms with Crippen LogP contribution in [0.3, 0.4) is 0 Å². The molecule has 1 aromatic rings. The molecular weight excluding hydrogens is 356 g/mol. The third-order valence-corrected chi connectivity index (χ3v) is 3.87. The molecule has 1 rings (SSSR count). The summed E-state index contributed by atoms with van der Waals surface area (Å²) in [7, 11) is 0. The van der Waals surface area contributed by atoms with E-state index in [1.165, 1.54) is 12.5 Å². The highest BCUT2D eigenvalue weighted by Crippen LogP contribution is 2.05. The highest BCUT2D eigenvalue weighted by Gasteiger charge is 2.29. The fraction of sp³-hybridized carbons (Fsp3) is 0.562. The van der Waals surface area contributed by atoms with E-state index < -0.39 is 41.8 Å². The molecule has 0 saturated heterocycles.